The summed E-state index contributed by atoms with van der Waals surface area (Å²) in [6.07, 6.45) is 1.35. The molecule has 0 aromatic carbocycles. The molecule has 0 amide bonds. The van der Waals surface area contributed by atoms with Crippen LogP contribution in [0, 0.1) is 0 Å². The highest BCUT2D eigenvalue weighted by atomic mass is 35.5. The van der Waals surface area contributed by atoms with E-state index in [0.29, 0.717) is 13.1 Å². The summed E-state index contributed by atoms with van der Waals surface area (Å²) in [4.78, 5) is 0. The van der Waals surface area contributed by atoms with Gasteiger partial charge < -0.3 is 5.32 Å². The summed E-state index contributed by atoms with van der Waals surface area (Å²) in [5, 5.41) is 7.40. The van der Waals surface area contributed by atoms with Crippen LogP contribution in [0.15, 0.2) is 11.2 Å². The number of rotatable bonds is 2. The first-order valence-electron chi connectivity index (χ1n) is 5.76. The van der Waals surface area contributed by atoms with Crippen LogP contribution in [0.3, 0.4) is 0 Å². The van der Waals surface area contributed by atoms with E-state index >= 15 is 0 Å². The molecule has 1 aromatic heterocycles. The summed E-state index contributed by atoms with van der Waals surface area (Å²) in [5.41, 5.74) is 0. The average molecular weight is 293 g/mol. The molecule has 102 valence electrons. The number of nitrogens with zero attached hydrogens (tertiary/aromatic N) is 3. The van der Waals surface area contributed by atoms with E-state index in [1.807, 2.05) is 13.8 Å². The third kappa shape index (κ3) is 2.40. The monoisotopic (exact) mass is 292 g/mol. The molecule has 0 spiro atoms. The lowest BCUT2D eigenvalue weighted by Gasteiger charge is -2.35. The Morgan fingerprint density at radius 3 is 2.39 bits per heavy atom. The minimum absolute atomic E-state index is 0.0606. The minimum Gasteiger partial charge on any atom is -0.309 e. The van der Waals surface area contributed by atoms with E-state index in [1.165, 1.54) is 15.2 Å². The van der Waals surface area contributed by atoms with Crippen molar-refractivity contribution >= 4 is 21.6 Å². The number of sulfonamides is 1. The summed E-state index contributed by atoms with van der Waals surface area (Å²) in [5.74, 6) is 0. The van der Waals surface area contributed by atoms with Crippen molar-refractivity contribution in [1.29, 1.82) is 0 Å². The van der Waals surface area contributed by atoms with Gasteiger partial charge in [-0.1, -0.05) is 11.6 Å². The van der Waals surface area contributed by atoms with Gasteiger partial charge in [-0.25, -0.2) is 8.42 Å². The fraction of sp³-hybridized carbons (Fsp3) is 0.700. The molecule has 1 saturated heterocycles. The molecule has 1 aliphatic rings. The van der Waals surface area contributed by atoms with Crippen LogP contribution in [0.4, 0.5) is 0 Å². The summed E-state index contributed by atoms with van der Waals surface area (Å²) in [7, 11) is -2.01. The Bertz CT molecular complexity index is 513. The van der Waals surface area contributed by atoms with Crippen molar-refractivity contribution in [3.8, 4) is 0 Å². The van der Waals surface area contributed by atoms with Gasteiger partial charge in [-0.2, -0.15) is 9.40 Å². The van der Waals surface area contributed by atoms with E-state index in [4.69, 9.17) is 11.6 Å². The van der Waals surface area contributed by atoms with E-state index < -0.39 is 10.0 Å². The first kappa shape index (κ1) is 13.8. The van der Waals surface area contributed by atoms with Gasteiger partial charge in [0.15, 0.2) is 5.03 Å². The molecule has 1 aliphatic heterocycles. The van der Waals surface area contributed by atoms with Gasteiger partial charge in [0.05, 0.1) is 11.2 Å². The van der Waals surface area contributed by atoms with Crippen molar-refractivity contribution < 1.29 is 8.42 Å². The highest BCUT2D eigenvalue weighted by molar-refractivity contribution is 7.89. The fourth-order valence-corrected chi connectivity index (χ4v) is 4.51. The van der Waals surface area contributed by atoms with Crippen molar-refractivity contribution in [1.82, 2.24) is 19.4 Å². The lowest BCUT2D eigenvalue weighted by atomic mass is 10.2. The average Bonchev–Trinajstić information content (AvgIpc) is 2.57. The maximum atomic E-state index is 12.5. The smallest absolute Gasteiger partial charge is 0.261 e. The number of aromatic nitrogens is 2. The van der Waals surface area contributed by atoms with Crippen LogP contribution < -0.4 is 5.32 Å². The molecule has 1 fully saturated rings. The molecule has 0 saturated carbocycles. The first-order valence-corrected chi connectivity index (χ1v) is 7.58. The molecule has 0 radical (unpaired) electrons. The van der Waals surface area contributed by atoms with Crippen molar-refractivity contribution in [2.45, 2.75) is 31.0 Å². The number of nitrogens with one attached hydrogen (secondary N) is 1. The molecule has 0 bridgehead atoms. The lowest BCUT2D eigenvalue weighted by Crippen LogP contribution is -2.55. The zero-order valence-electron chi connectivity index (χ0n) is 10.6. The van der Waals surface area contributed by atoms with Crippen molar-refractivity contribution in [2.75, 3.05) is 13.1 Å². The summed E-state index contributed by atoms with van der Waals surface area (Å²) in [6.45, 7) is 4.80. The van der Waals surface area contributed by atoms with Crippen LogP contribution in [-0.2, 0) is 17.1 Å². The largest absolute Gasteiger partial charge is 0.309 e. The zero-order chi connectivity index (χ0) is 13.5. The third-order valence-corrected chi connectivity index (χ3v) is 5.29. The number of piperazine rings is 1. The molecule has 2 atom stereocenters. The SMILES string of the molecule is CC1CN(S(=O)(=O)c2c(Cl)cnn2C)CC(C)N1. The van der Waals surface area contributed by atoms with Crippen LogP contribution in [0.5, 0.6) is 0 Å². The van der Waals surface area contributed by atoms with Crippen LogP contribution in [0.25, 0.3) is 0 Å². The molecule has 18 heavy (non-hydrogen) atoms. The van der Waals surface area contributed by atoms with Gasteiger partial charge in [-0.3, -0.25) is 4.68 Å². The number of aryl methyl sites for hydroxylation is 1. The maximum Gasteiger partial charge on any atom is 0.261 e. The van der Waals surface area contributed by atoms with E-state index in [0.717, 1.165) is 0 Å². The van der Waals surface area contributed by atoms with E-state index in [2.05, 4.69) is 10.4 Å². The summed E-state index contributed by atoms with van der Waals surface area (Å²) < 4.78 is 27.8. The normalized spacial score (nSPS) is 26.4. The van der Waals surface area contributed by atoms with Crippen molar-refractivity contribution in [3.05, 3.63) is 11.2 Å². The minimum atomic E-state index is -3.58. The second kappa shape index (κ2) is 4.80. The van der Waals surface area contributed by atoms with E-state index in [9.17, 15) is 8.42 Å². The van der Waals surface area contributed by atoms with Gasteiger partial charge in [-0.15, -0.1) is 0 Å². The molecule has 2 heterocycles. The van der Waals surface area contributed by atoms with Crippen molar-refractivity contribution in [3.63, 3.8) is 0 Å². The summed E-state index contributed by atoms with van der Waals surface area (Å²) >= 11 is 5.92. The van der Waals surface area contributed by atoms with Crippen LogP contribution in [-0.4, -0.2) is 47.7 Å². The zero-order valence-corrected chi connectivity index (χ0v) is 12.2. The van der Waals surface area contributed by atoms with Gasteiger partial charge >= 0.3 is 0 Å². The molecule has 6 nitrogen and oxygen atoms in total. The van der Waals surface area contributed by atoms with Crippen LogP contribution in [0.1, 0.15) is 13.8 Å². The molecule has 8 heteroatoms. The van der Waals surface area contributed by atoms with E-state index in [-0.39, 0.29) is 22.1 Å². The van der Waals surface area contributed by atoms with Gasteiger partial charge in [-0.05, 0) is 13.8 Å². The molecular formula is C10H17ClN4O2S. The Kier molecular flexibility index (Phi) is 3.68. The fourth-order valence-electron chi connectivity index (χ4n) is 2.28. The first-order chi connectivity index (χ1) is 8.32. The van der Waals surface area contributed by atoms with Gasteiger partial charge in [0, 0.05) is 32.2 Å². The number of hydrogen-bond donors (Lipinski definition) is 1. The standard InChI is InChI=1S/C10H17ClN4O2S/c1-7-5-15(6-8(2)13-7)18(16,17)10-9(11)4-12-14(10)3/h4,7-8,13H,5-6H2,1-3H3. The molecule has 1 N–H and O–H groups in total. The Morgan fingerprint density at radius 1 is 1.39 bits per heavy atom. The van der Waals surface area contributed by atoms with E-state index in [1.54, 1.807) is 7.05 Å². The Morgan fingerprint density at radius 2 is 1.94 bits per heavy atom. The molecular weight excluding hydrogens is 276 g/mol. The van der Waals surface area contributed by atoms with Gasteiger partial charge in [0.2, 0.25) is 0 Å². The Labute approximate surface area is 112 Å². The number of hydrogen-bond acceptors (Lipinski definition) is 4. The second-order valence-electron chi connectivity index (χ2n) is 4.71. The highest BCUT2D eigenvalue weighted by Crippen LogP contribution is 2.24. The van der Waals surface area contributed by atoms with Crippen molar-refractivity contribution in [2.24, 2.45) is 7.05 Å². The predicted molar refractivity (Wildman–Crippen MR) is 69.0 cm³/mol. The van der Waals surface area contributed by atoms with Gasteiger partial charge in [0.25, 0.3) is 10.0 Å². The number of halogens is 1. The highest BCUT2D eigenvalue weighted by Gasteiger charge is 2.34. The molecule has 0 aliphatic carbocycles. The molecule has 2 unspecified atom stereocenters. The quantitative estimate of drug-likeness (QED) is 0.859. The lowest BCUT2D eigenvalue weighted by molar-refractivity contribution is 0.261. The molecule has 1 aromatic rings. The molecule has 2 rings (SSSR count). The van der Waals surface area contributed by atoms with Crippen LogP contribution >= 0.6 is 11.6 Å². The second-order valence-corrected chi connectivity index (χ2v) is 6.97. The third-order valence-electron chi connectivity index (χ3n) is 2.95. The topological polar surface area (TPSA) is 67.2 Å². The van der Waals surface area contributed by atoms with Crippen LogP contribution in [0.2, 0.25) is 5.02 Å². The summed E-state index contributed by atoms with van der Waals surface area (Å²) in [6, 6.07) is 0.242. The Balaban J connectivity index is 2.37. The van der Waals surface area contributed by atoms with Gasteiger partial charge in [0.1, 0.15) is 0 Å². The maximum absolute atomic E-state index is 12.5. The Hall–Kier alpha value is -0.630. The predicted octanol–water partition coefficient (Wildman–Crippen LogP) is 0.444.